The van der Waals surface area contributed by atoms with Gasteiger partial charge in [0.2, 0.25) is 0 Å². The van der Waals surface area contributed by atoms with Gasteiger partial charge in [0, 0.05) is 50.4 Å². The lowest BCUT2D eigenvalue weighted by molar-refractivity contribution is -0.307. The van der Waals surface area contributed by atoms with Gasteiger partial charge in [-0.2, -0.15) is 5.26 Å². The van der Waals surface area contributed by atoms with E-state index in [4.69, 9.17) is 5.26 Å². The van der Waals surface area contributed by atoms with Gasteiger partial charge >= 0.3 is 6.03 Å². The Morgan fingerprint density at radius 1 is 1.13 bits per heavy atom. The van der Waals surface area contributed by atoms with E-state index in [0.717, 1.165) is 38.2 Å². The summed E-state index contributed by atoms with van der Waals surface area (Å²) in [6.45, 7) is 6.49. The zero-order chi connectivity index (χ0) is 27.1. The SMILES string of the molecule is C[C@@H]1CN(c2ccc(F)c(C#N)c2)CCN1C(=O)NC[C@@H](CC(=O)[O-])C1CCN(Cc2ccccc2)CC1. The summed E-state index contributed by atoms with van der Waals surface area (Å²) in [7, 11) is 0. The lowest BCUT2D eigenvalue weighted by atomic mass is 9.82. The van der Waals surface area contributed by atoms with E-state index in [1.165, 1.54) is 17.7 Å². The van der Waals surface area contributed by atoms with Gasteiger partial charge in [0.1, 0.15) is 11.9 Å². The quantitative estimate of drug-likeness (QED) is 0.574. The van der Waals surface area contributed by atoms with Crippen molar-refractivity contribution in [3.05, 3.63) is 65.5 Å². The van der Waals surface area contributed by atoms with E-state index in [1.54, 1.807) is 11.0 Å². The van der Waals surface area contributed by atoms with Crippen LogP contribution in [0.15, 0.2) is 48.5 Å². The van der Waals surface area contributed by atoms with Crippen LogP contribution in [0.5, 0.6) is 0 Å². The number of carboxylic acids is 1. The summed E-state index contributed by atoms with van der Waals surface area (Å²) < 4.78 is 13.7. The number of urea groups is 1. The molecule has 2 aliphatic heterocycles. The number of aliphatic carboxylic acids is 1. The van der Waals surface area contributed by atoms with Crippen LogP contribution >= 0.6 is 0 Å². The van der Waals surface area contributed by atoms with Crippen LogP contribution in [0.4, 0.5) is 14.9 Å². The number of rotatable bonds is 8. The van der Waals surface area contributed by atoms with Gasteiger partial charge in [-0.05, 0) is 74.9 Å². The van der Waals surface area contributed by atoms with E-state index in [2.05, 4.69) is 22.3 Å². The Morgan fingerprint density at radius 2 is 1.87 bits per heavy atom. The lowest BCUT2D eigenvalue weighted by Crippen LogP contribution is -2.57. The van der Waals surface area contributed by atoms with Crippen molar-refractivity contribution in [1.82, 2.24) is 15.1 Å². The molecule has 9 heteroatoms. The largest absolute Gasteiger partial charge is 0.550 e. The summed E-state index contributed by atoms with van der Waals surface area (Å²) in [5.41, 5.74) is 2.02. The highest BCUT2D eigenvalue weighted by atomic mass is 19.1. The lowest BCUT2D eigenvalue weighted by Gasteiger charge is -2.41. The predicted octanol–water partition coefficient (Wildman–Crippen LogP) is 2.59. The highest BCUT2D eigenvalue weighted by molar-refractivity contribution is 5.75. The molecule has 2 amide bonds. The third-order valence-electron chi connectivity index (χ3n) is 7.82. The standard InChI is InChI=1S/C29H36FN5O3/c1-21-19-34(26-7-8-27(30)24(15-26)17-31)13-14-35(21)29(38)32-18-25(16-28(36)37)23-9-11-33(12-10-23)20-22-5-3-2-4-6-22/h2-8,15,21,23,25H,9-14,16,18-20H2,1H3,(H,32,38)(H,36,37)/p-1/t21-,25-/m1/s1. The molecule has 0 aromatic heterocycles. The number of piperazine rings is 1. The van der Waals surface area contributed by atoms with Crippen LogP contribution in [0, 0.1) is 29.0 Å². The average molecular weight is 521 g/mol. The summed E-state index contributed by atoms with van der Waals surface area (Å²) >= 11 is 0. The molecule has 8 nitrogen and oxygen atoms in total. The molecule has 0 radical (unpaired) electrons. The maximum atomic E-state index is 13.7. The maximum absolute atomic E-state index is 13.7. The average Bonchev–Trinajstić information content (AvgIpc) is 2.92. The van der Waals surface area contributed by atoms with Crippen LogP contribution in [-0.2, 0) is 11.3 Å². The first-order valence-corrected chi connectivity index (χ1v) is 13.3. The van der Waals surface area contributed by atoms with Gasteiger partial charge in [-0.3, -0.25) is 4.90 Å². The number of amides is 2. The first-order valence-electron chi connectivity index (χ1n) is 13.3. The molecule has 2 aromatic rings. The van der Waals surface area contributed by atoms with Gasteiger partial charge in [-0.1, -0.05) is 30.3 Å². The second kappa shape index (κ2) is 12.7. The van der Waals surface area contributed by atoms with Crippen LogP contribution < -0.4 is 15.3 Å². The van der Waals surface area contributed by atoms with Gasteiger partial charge in [-0.15, -0.1) is 0 Å². The highest BCUT2D eigenvalue weighted by Crippen LogP contribution is 2.28. The molecule has 2 fully saturated rings. The molecular weight excluding hydrogens is 485 g/mol. The molecule has 0 spiro atoms. The van der Waals surface area contributed by atoms with Crippen LogP contribution in [-0.4, -0.2) is 67.1 Å². The molecule has 202 valence electrons. The number of carbonyl (C=O) groups excluding carboxylic acids is 2. The van der Waals surface area contributed by atoms with E-state index in [0.29, 0.717) is 26.2 Å². The van der Waals surface area contributed by atoms with E-state index in [-0.39, 0.29) is 35.9 Å². The zero-order valence-electron chi connectivity index (χ0n) is 21.8. The van der Waals surface area contributed by atoms with Crippen molar-refractivity contribution in [2.75, 3.05) is 44.2 Å². The smallest absolute Gasteiger partial charge is 0.317 e. The number of hydrogen-bond acceptors (Lipinski definition) is 6. The second-order valence-electron chi connectivity index (χ2n) is 10.4. The number of nitrogens with one attached hydrogen (secondary N) is 1. The number of carbonyl (C=O) groups is 2. The summed E-state index contributed by atoms with van der Waals surface area (Å²) in [4.78, 5) is 30.7. The Kier molecular flexibility index (Phi) is 9.19. The topological polar surface area (TPSA) is 103 Å². The van der Waals surface area contributed by atoms with Gasteiger partial charge < -0.3 is 25.0 Å². The molecule has 0 saturated carbocycles. The molecular formula is C29H35FN5O3-. The van der Waals surface area contributed by atoms with Crippen molar-refractivity contribution >= 4 is 17.7 Å². The van der Waals surface area contributed by atoms with E-state index in [9.17, 15) is 19.1 Å². The number of carboxylic acid groups (broad SMARTS) is 1. The fourth-order valence-electron chi connectivity index (χ4n) is 5.65. The fraction of sp³-hybridized carbons (Fsp3) is 0.483. The van der Waals surface area contributed by atoms with Gasteiger partial charge in [-0.25, -0.2) is 9.18 Å². The Bertz CT molecular complexity index is 1150. The Morgan fingerprint density at radius 3 is 2.53 bits per heavy atom. The first kappa shape index (κ1) is 27.4. The van der Waals surface area contributed by atoms with Crippen molar-refractivity contribution in [1.29, 1.82) is 5.26 Å². The highest BCUT2D eigenvalue weighted by Gasteiger charge is 2.30. The van der Waals surface area contributed by atoms with Gasteiger partial charge in [0.05, 0.1) is 5.56 Å². The molecule has 2 heterocycles. The minimum Gasteiger partial charge on any atom is -0.550 e. The Balaban J connectivity index is 1.28. The van der Waals surface area contributed by atoms with Crippen LogP contribution in [0.3, 0.4) is 0 Å². The number of hydrogen-bond donors (Lipinski definition) is 1. The summed E-state index contributed by atoms with van der Waals surface area (Å²) in [5, 5.41) is 23.6. The maximum Gasteiger partial charge on any atom is 0.317 e. The van der Waals surface area contributed by atoms with Crippen molar-refractivity contribution in [3.8, 4) is 6.07 Å². The van der Waals surface area contributed by atoms with Crippen LogP contribution in [0.1, 0.15) is 37.3 Å². The molecule has 1 N–H and O–H groups in total. The molecule has 2 aromatic carbocycles. The number of nitriles is 1. The van der Waals surface area contributed by atoms with Crippen molar-refractivity contribution in [3.63, 3.8) is 0 Å². The molecule has 0 unspecified atom stereocenters. The van der Waals surface area contributed by atoms with Crippen molar-refractivity contribution < 1.29 is 19.1 Å². The second-order valence-corrected chi connectivity index (χ2v) is 10.4. The third-order valence-corrected chi connectivity index (χ3v) is 7.82. The number of piperidine rings is 1. The predicted molar refractivity (Wildman–Crippen MR) is 140 cm³/mol. The third kappa shape index (κ3) is 7.01. The molecule has 2 aliphatic rings. The summed E-state index contributed by atoms with van der Waals surface area (Å²) in [6.07, 6.45) is 1.70. The monoisotopic (exact) mass is 520 g/mol. The van der Waals surface area contributed by atoms with Gasteiger partial charge in [0.15, 0.2) is 0 Å². The number of halogens is 1. The van der Waals surface area contributed by atoms with E-state index < -0.39 is 11.8 Å². The number of benzene rings is 2. The van der Waals surface area contributed by atoms with Gasteiger partial charge in [0.25, 0.3) is 0 Å². The number of likely N-dealkylation sites (tertiary alicyclic amines) is 1. The Labute approximate surface area is 223 Å². The van der Waals surface area contributed by atoms with E-state index >= 15 is 0 Å². The molecule has 0 aliphatic carbocycles. The number of nitrogens with zero attached hydrogens (tertiary/aromatic N) is 4. The van der Waals surface area contributed by atoms with Crippen molar-refractivity contribution in [2.24, 2.45) is 11.8 Å². The van der Waals surface area contributed by atoms with E-state index in [1.807, 2.05) is 36.1 Å². The first-order chi connectivity index (χ1) is 18.3. The Hall–Kier alpha value is -3.64. The summed E-state index contributed by atoms with van der Waals surface area (Å²) in [6, 6.07) is 16.3. The molecule has 38 heavy (non-hydrogen) atoms. The molecule has 2 saturated heterocycles. The molecule has 0 bridgehead atoms. The summed E-state index contributed by atoms with van der Waals surface area (Å²) in [5.74, 6) is -1.60. The van der Waals surface area contributed by atoms with Crippen LogP contribution in [0.2, 0.25) is 0 Å². The van der Waals surface area contributed by atoms with Crippen LogP contribution in [0.25, 0.3) is 0 Å². The zero-order valence-corrected chi connectivity index (χ0v) is 21.8. The normalized spacial score (nSPS) is 19.6. The van der Waals surface area contributed by atoms with Crippen molar-refractivity contribution in [2.45, 2.75) is 38.8 Å². The minimum absolute atomic E-state index is 0.000173. The number of anilines is 1. The molecule has 4 rings (SSSR count). The molecule has 2 atom stereocenters. The minimum atomic E-state index is -1.09. The fourth-order valence-corrected chi connectivity index (χ4v) is 5.65.